The maximum atomic E-state index is 12.6. The van der Waals surface area contributed by atoms with E-state index in [4.69, 9.17) is 4.74 Å². The molecule has 2 aliphatic rings. The van der Waals surface area contributed by atoms with Crippen molar-refractivity contribution in [1.29, 1.82) is 0 Å². The number of carbonyl (C=O) groups is 2. The summed E-state index contributed by atoms with van der Waals surface area (Å²) >= 11 is 0. The van der Waals surface area contributed by atoms with E-state index < -0.39 is 11.9 Å². The van der Waals surface area contributed by atoms with Crippen molar-refractivity contribution in [2.75, 3.05) is 6.54 Å². The van der Waals surface area contributed by atoms with E-state index in [1.807, 2.05) is 17.9 Å². The van der Waals surface area contributed by atoms with Crippen molar-refractivity contribution in [3.8, 4) is 0 Å². The molecule has 0 aromatic carbocycles. The molecule has 7 heteroatoms. The second-order valence-corrected chi connectivity index (χ2v) is 8.91. The molecule has 3 heterocycles. The Balaban J connectivity index is 1.40. The number of hydrogen-bond acceptors (Lipinski definition) is 5. The number of aryl methyl sites for hydroxylation is 1. The van der Waals surface area contributed by atoms with E-state index in [0.29, 0.717) is 29.7 Å². The summed E-state index contributed by atoms with van der Waals surface area (Å²) in [5.41, 5.74) is 1.68. The quantitative estimate of drug-likeness (QED) is 0.723. The minimum absolute atomic E-state index is 0.0420. The Bertz CT molecular complexity index is 1030. The van der Waals surface area contributed by atoms with Crippen molar-refractivity contribution in [2.45, 2.75) is 59.1 Å². The maximum absolute atomic E-state index is 12.6. The number of pyridine rings is 1. The molecule has 0 radical (unpaired) electrons. The highest BCUT2D eigenvalue weighted by atomic mass is 16.5. The van der Waals surface area contributed by atoms with E-state index in [1.165, 1.54) is 16.9 Å². The van der Waals surface area contributed by atoms with Crippen LogP contribution >= 0.6 is 0 Å². The molecule has 4 atom stereocenters. The summed E-state index contributed by atoms with van der Waals surface area (Å²) in [6.45, 7) is 6.71. The lowest BCUT2D eigenvalue weighted by Gasteiger charge is -2.39. The summed E-state index contributed by atoms with van der Waals surface area (Å²) in [5, 5.41) is 0. The Labute approximate surface area is 176 Å². The van der Waals surface area contributed by atoms with Crippen LogP contribution in [0.5, 0.6) is 0 Å². The van der Waals surface area contributed by atoms with Gasteiger partial charge < -0.3 is 9.64 Å². The third-order valence-corrected chi connectivity index (χ3v) is 6.78. The molecule has 2 aromatic heterocycles. The van der Waals surface area contributed by atoms with Crippen molar-refractivity contribution in [3.05, 3.63) is 46.0 Å². The number of nitrogens with zero attached hydrogens (tertiary/aromatic N) is 3. The van der Waals surface area contributed by atoms with Crippen molar-refractivity contribution in [2.24, 2.45) is 17.8 Å². The van der Waals surface area contributed by atoms with Crippen LogP contribution in [0, 0.1) is 24.7 Å². The number of aromatic nitrogens is 2. The molecule has 0 bridgehead atoms. The number of hydrogen-bond donors (Lipinski definition) is 0. The van der Waals surface area contributed by atoms with E-state index >= 15 is 0 Å². The molecule has 160 valence electrons. The van der Waals surface area contributed by atoms with Gasteiger partial charge in [-0.3, -0.25) is 18.8 Å². The number of amides is 1. The smallest absolute Gasteiger partial charge is 0.311 e. The molecule has 1 aliphatic carbocycles. The average Bonchev–Trinajstić information content (AvgIpc) is 3.10. The molecule has 0 unspecified atom stereocenters. The van der Waals surface area contributed by atoms with E-state index in [2.05, 4.69) is 18.8 Å². The third-order valence-electron chi connectivity index (χ3n) is 6.78. The van der Waals surface area contributed by atoms with Gasteiger partial charge in [-0.25, -0.2) is 4.98 Å². The lowest BCUT2D eigenvalue weighted by molar-refractivity contribution is -0.149. The second-order valence-electron chi connectivity index (χ2n) is 8.91. The van der Waals surface area contributed by atoms with Gasteiger partial charge in [-0.1, -0.05) is 32.8 Å². The number of esters is 1. The molecule has 1 saturated carbocycles. The van der Waals surface area contributed by atoms with Crippen LogP contribution in [0.15, 0.2) is 29.2 Å². The molecular weight excluding hydrogens is 382 g/mol. The predicted molar refractivity (Wildman–Crippen MR) is 112 cm³/mol. The number of ether oxygens (including phenoxy) is 1. The van der Waals surface area contributed by atoms with E-state index in [9.17, 15) is 14.4 Å². The zero-order valence-corrected chi connectivity index (χ0v) is 17.8. The Morgan fingerprint density at radius 3 is 2.83 bits per heavy atom. The molecule has 1 amide bonds. The first-order valence-electron chi connectivity index (χ1n) is 10.8. The van der Waals surface area contributed by atoms with Gasteiger partial charge in [-0.15, -0.1) is 0 Å². The van der Waals surface area contributed by atoms with Crippen LogP contribution in [-0.4, -0.2) is 38.7 Å². The van der Waals surface area contributed by atoms with Gasteiger partial charge in [0.2, 0.25) is 5.91 Å². The van der Waals surface area contributed by atoms with Gasteiger partial charge >= 0.3 is 5.97 Å². The van der Waals surface area contributed by atoms with Gasteiger partial charge in [0.15, 0.2) is 0 Å². The first kappa shape index (κ1) is 20.6. The Morgan fingerprint density at radius 1 is 1.23 bits per heavy atom. The third kappa shape index (κ3) is 3.98. The molecule has 7 nitrogen and oxygen atoms in total. The highest BCUT2D eigenvalue weighted by Crippen LogP contribution is 2.35. The summed E-state index contributed by atoms with van der Waals surface area (Å²) in [5.74, 6) is 0.222. The van der Waals surface area contributed by atoms with E-state index in [1.54, 1.807) is 12.3 Å². The molecular formula is C23H29N3O4. The van der Waals surface area contributed by atoms with Crippen LogP contribution in [-0.2, 0) is 20.9 Å². The van der Waals surface area contributed by atoms with Crippen molar-refractivity contribution >= 4 is 17.5 Å². The number of carbonyl (C=O) groups excluding carboxylic acids is 2. The second kappa shape index (κ2) is 8.20. The van der Waals surface area contributed by atoms with Crippen molar-refractivity contribution in [1.82, 2.24) is 14.3 Å². The highest BCUT2D eigenvalue weighted by Gasteiger charge is 2.42. The van der Waals surface area contributed by atoms with Crippen LogP contribution in [0.4, 0.5) is 0 Å². The van der Waals surface area contributed by atoms with Gasteiger partial charge in [0.1, 0.15) is 12.3 Å². The zero-order valence-electron chi connectivity index (χ0n) is 17.8. The normalized spacial score (nSPS) is 26.9. The van der Waals surface area contributed by atoms with Crippen LogP contribution < -0.4 is 5.56 Å². The van der Waals surface area contributed by atoms with Gasteiger partial charge in [0, 0.05) is 31.3 Å². The Morgan fingerprint density at radius 2 is 2.03 bits per heavy atom. The summed E-state index contributed by atoms with van der Waals surface area (Å²) < 4.78 is 6.92. The minimum Gasteiger partial charge on any atom is -0.459 e. The van der Waals surface area contributed by atoms with E-state index in [0.717, 1.165) is 18.4 Å². The van der Waals surface area contributed by atoms with Gasteiger partial charge in [0.05, 0.1) is 11.6 Å². The first-order chi connectivity index (χ1) is 14.3. The SMILES string of the molecule is Cc1ccc2nc(COC(=O)[C@@H]3CC(=O)N([C@H]4CCC[C@H](C)[C@@H]4C)C3)cc(=O)n2c1. The topological polar surface area (TPSA) is 81.0 Å². The fourth-order valence-corrected chi connectivity index (χ4v) is 4.80. The average molecular weight is 412 g/mol. The monoisotopic (exact) mass is 411 g/mol. The number of fused-ring (bicyclic) bond motifs is 1. The zero-order chi connectivity index (χ0) is 21.4. The number of rotatable bonds is 4. The van der Waals surface area contributed by atoms with Gasteiger partial charge in [-0.05, 0) is 36.8 Å². The summed E-state index contributed by atoms with van der Waals surface area (Å²) in [4.78, 5) is 43.8. The highest BCUT2D eigenvalue weighted by molar-refractivity contribution is 5.87. The first-order valence-corrected chi connectivity index (χ1v) is 10.8. The maximum Gasteiger partial charge on any atom is 0.311 e. The van der Waals surface area contributed by atoms with Crippen LogP contribution in [0.2, 0.25) is 0 Å². The summed E-state index contributed by atoms with van der Waals surface area (Å²) in [6.07, 6.45) is 5.25. The molecule has 2 aromatic rings. The van der Waals surface area contributed by atoms with Crippen molar-refractivity contribution in [3.63, 3.8) is 0 Å². The van der Waals surface area contributed by atoms with E-state index in [-0.39, 0.29) is 30.5 Å². The number of likely N-dealkylation sites (tertiary alicyclic amines) is 1. The Kier molecular flexibility index (Phi) is 5.62. The molecule has 4 rings (SSSR count). The lowest BCUT2D eigenvalue weighted by atomic mass is 9.77. The fraction of sp³-hybridized carbons (Fsp3) is 0.565. The molecule has 1 saturated heterocycles. The lowest BCUT2D eigenvalue weighted by Crippen LogP contribution is -2.45. The molecule has 0 N–H and O–H groups in total. The summed E-state index contributed by atoms with van der Waals surface area (Å²) in [7, 11) is 0. The molecule has 0 spiro atoms. The minimum atomic E-state index is -0.453. The van der Waals surface area contributed by atoms with Gasteiger partial charge in [0.25, 0.3) is 5.56 Å². The molecule has 2 fully saturated rings. The molecule has 30 heavy (non-hydrogen) atoms. The predicted octanol–water partition coefficient (Wildman–Crippen LogP) is 2.72. The van der Waals surface area contributed by atoms with Gasteiger partial charge in [-0.2, -0.15) is 0 Å². The van der Waals surface area contributed by atoms with Crippen LogP contribution in [0.25, 0.3) is 5.65 Å². The van der Waals surface area contributed by atoms with Crippen LogP contribution in [0.3, 0.4) is 0 Å². The van der Waals surface area contributed by atoms with Crippen LogP contribution in [0.1, 0.15) is 50.8 Å². The van der Waals surface area contributed by atoms with Crippen molar-refractivity contribution < 1.29 is 14.3 Å². The fourth-order valence-electron chi connectivity index (χ4n) is 4.80. The Hall–Kier alpha value is -2.70. The largest absolute Gasteiger partial charge is 0.459 e. The standard InChI is InChI=1S/C23H29N3O4/c1-14-7-8-20-24-18(10-22(28)26(20)11-14)13-30-23(29)17-9-21(27)25(12-17)19-6-4-5-15(2)16(19)3/h7-8,10-11,15-17,19H,4-6,9,12-13H2,1-3H3/t15-,16-,17+,19-/m0/s1. The summed E-state index contributed by atoms with van der Waals surface area (Å²) in [6, 6.07) is 5.24. The molecule has 1 aliphatic heterocycles.